The molecule has 0 aliphatic carbocycles. The van der Waals surface area contributed by atoms with Crippen molar-refractivity contribution < 1.29 is 4.79 Å². The molecule has 25 heavy (non-hydrogen) atoms. The van der Waals surface area contributed by atoms with Crippen LogP contribution < -0.4 is 5.32 Å². The molecular formula is C20H17N3OS. The van der Waals surface area contributed by atoms with E-state index in [4.69, 9.17) is 4.98 Å². The molecule has 5 heteroatoms. The number of thiophene rings is 1. The third-order valence-electron chi connectivity index (χ3n) is 4.11. The second kappa shape index (κ2) is 6.18. The van der Waals surface area contributed by atoms with Gasteiger partial charge in [-0.3, -0.25) is 4.79 Å². The molecule has 0 fully saturated rings. The number of anilines is 1. The van der Waals surface area contributed by atoms with Gasteiger partial charge in [0.1, 0.15) is 0 Å². The van der Waals surface area contributed by atoms with Gasteiger partial charge < -0.3 is 9.88 Å². The SMILES string of the molecule is Cc1cccc(NC(=O)c2ccc(-c3nc4ccccc4n3C)s2)c1. The minimum Gasteiger partial charge on any atom is -0.326 e. The maximum atomic E-state index is 12.5. The van der Waals surface area contributed by atoms with E-state index in [0.717, 1.165) is 33.0 Å². The Labute approximate surface area is 149 Å². The van der Waals surface area contributed by atoms with Crippen LogP contribution in [0.5, 0.6) is 0 Å². The molecule has 0 unspecified atom stereocenters. The molecule has 2 aromatic carbocycles. The lowest BCUT2D eigenvalue weighted by Gasteiger charge is -2.04. The third kappa shape index (κ3) is 2.94. The molecule has 0 bridgehead atoms. The summed E-state index contributed by atoms with van der Waals surface area (Å²) < 4.78 is 2.06. The van der Waals surface area contributed by atoms with Gasteiger partial charge in [-0.15, -0.1) is 11.3 Å². The number of nitrogens with one attached hydrogen (secondary N) is 1. The number of carbonyl (C=O) groups is 1. The summed E-state index contributed by atoms with van der Waals surface area (Å²) in [7, 11) is 2.00. The largest absolute Gasteiger partial charge is 0.326 e. The van der Waals surface area contributed by atoms with E-state index in [9.17, 15) is 4.79 Å². The molecule has 0 spiro atoms. The van der Waals surface area contributed by atoms with Gasteiger partial charge in [0.05, 0.1) is 20.8 Å². The molecule has 4 aromatic rings. The van der Waals surface area contributed by atoms with Crippen LogP contribution in [0.4, 0.5) is 5.69 Å². The van der Waals surface area contributed by atoms with Crippen molar-refractivity contribution in [1.29, 1.82) is 0 Å². The summed E-state index contributed by atoms with van der Waals surface area (Å²) in [5.74, 6) is 0.779. The molecule has 0 saturated carbocycles. The molecule has 124 valence electrons. The Morgan fingerprint density at radius 2 is 1.92 bits per heavy atom. The van der Waals surface area contributed by atoms with Gasteiger partial charge in [-0.1, -0.05) is 24.3 Å². The van der Waals surface area contributed by atoms with Gasteiger partial charge in [0.2, 0.25) is 0 Å². The average Bonchev–Trinajstić information content (AvgIpc) is 3.20. The summed E-state index contributed by atoms with van der Waals surface area (Å²) >= 11 is 1.45. The summed E-state index contributed by atoms with van der Waals surface area (Å²) in [6, 6.07) is 19.6. The number of carbonyl (C=O) groups excluding carboxylic acids is 1. The number of para-hydroxylation sites is 2. The monoisotopic (exact) mass is 347 g/mol. The standard InChI is InChI=1S/C20H17N3OS/c1-13-6-5-7-14(12-13)21-20(24)18-11-10-17(25-18)19-22-15-8-3-4-9-16(15)23(19)2/h3-12H,1-2H3,(H,21,24). The third-order valence-corrected chi connectivity index (χ3v) is 5.19. The Morgan fingerprint density at radius 1 is 1.08 bits per heavy atom. The number of aryl methyl sites for hydroxylation is 2. The fourth-order valence-electron chi connectivity index (χ4n) is 2.86. The van der Waals surface area contributed by atoms with Gasteiger partial charge in [-0.2, -0.15) is 0 Å². The fraction of sp³-hybridized carbons (Fsp3) is 0.100. The van der Waals surface area contributed by atoms with Crippen molar-refractivity contribution in [3.63, 3.8) is 0 Å². The first kappa shape index (κ1) is 15.6. The Morgan fingerprint density at radius 3 is 2.72 bits per heavy atom. The predicted molar refractivity (Wildman–Crippen MR) is 103 cm³/mol. The number of fused-ring (bicyclic) bond motifs is 1. The van der Waals surface area contributed by atoms with E-state index in [1.54, 1.807) is 0 Å². The quantitative estimate of drug-likeness (QED) is 0.575. The molecule has 1 N–H and O–H groups in total. The summed E-state index contributed by atoms with van der Waals surface area (Å²) in [6.45, 7) is 2.00. The van der Waals surface area contributed by atoms with Crippen LogP contribution in [0.1, 0.15) is 15.2 Å². The van der Waals surface area contributed by atoms with Crippen LogP contribution in [0.2, 0.25) is 0 Å². The first-order valence-corrected chi connectivity index (χ1v) is 8.83. The van der Waals surface area contributed by atoms with E-state index in [2.05, 4.69) is 9.88 Å². The minimum absolute atomic E-state index is 0.0967. The molecule has 0 aliphatic heterocycles. The van der Waals surface area contributed by atoms with Gasteiger partial charge >= 0.3 is 0 Å². The maximum absolute atomic E-state index is 12.5. The van der Waals surface area contributed by atoms with Crippen LogP contribution in [-0.2, 0) is 7.05 Å². The zero-order valence-corrected chi connectivity index (χ0v) is 14.8. The topological polar surface area (TPSA) is 46.9 Å². The zero-order valence-electron chi connectivity index (χ0n) is 14.0. The Bertz CT molecular complexity index is 1080. The van der Waals surface area contributed by atoms with Crippen molar-refractivity contribution in [3.8, 4) is 10.7 Å². The number of aromatic nitrogens is 2. The van der Waals surface area contributed by atoms with Crippen LogP contribution in [0, 0.1) is 6.92 Å². The van der Waals surface area contributed by atoms with E-state index in [-0.39, 0.29) is 5.91 Å². The van der Waals surface area contributed by atoms with Crippen LogP contribution in [0.3, 0.4) is 0 Å². The van der Waals surface area contributed by atoms with Crippen LogP contribution in [0.25, 0.3) is 21.7 Å². The normalized spacial score (nSPS) is 11.0. The summed E-state index contributed by atoms with van der Waals surface area (Å²) in [5.41, 5.74) is 3.96. The van der Waals surface area contributed by atoms with E-state index in [1.165, 1.54) is 11.3 Å². The van der Waals surface area contributed by atoms with Crippen LogP contribution in [0.15, 0.2) is 60.7 Å². The predicted octanol–water partition coefficient (Wildman–Crippen LogP) is 4.86. The molecule has 4 nitrogen and oxygen atoms in total. The number of hydrogen-bond donors (Lipinski definition) is 1. The second-order valence-electron chi connectivity index (χ2n) is 5.97. The maximum Gasteiger partial charge on any atom is 0.265 e. The first-order chi connectivity index (χ1) is 12.1. The second-order valence-corrected chi connectivity index (χ2v) is 7.05. The number of benzene rings is 2. The summed E-state index contributed by atoms with van der Waals surface area (Å²) in [6.07, 6.45) is 0. The van der Waals surface area contributed by atoms with Crippen molar-refractivity contribution in [1.82, 2.24) is 9.55 Å². The highest BCUT2D eigenvalue weighted by atomic mass is 32.1. The smallest absolute Gasteiger partial charge is 0.265 e. The molecule has 0 saturated heterocycles. The molecule has 0 radical (unpaired) electrons. The Balaban J connectivity index is 1.63. The molecule has 2 aromatic heterocycles. The number of amides is 1. The van der Waals surface area contributed by atoms with Gasteiger partial charge in [0.15, 0.2) is 5.82 Å². The van der Waals surface area contributed by atoms with Crippen LogP contribution in [-0.4, -0.2) is 15.5 Å². The Hall–Kier alpha value is -2.92. The van der Waals surface area contributed by atoms with Crippen molar-refractivity contribution in [2.75, 3.05) is 5.32 Å². The van der Waals surface area contributed by atoms with E-state index >= 15 is 0 Å². The van der Waals surface area contributed by atoms with Gasteiger partial charge in [0.25, 0.3) is 5.91 Å². The molecule has 4 rings (SSSR count). The van der Waals surface area contributed by atoms with E-state index in [1.807, 2.05) is 74.6 Å². The van der Waals surface area contributed by atoms with Crippen molar-refractivity contribution in [2.45, 2.75) is 6.92 Å². The van der Waals surface area contributed by atoms with E-state index < -0.39 is 0 Å². The summed E-state index contributed by atoms with van der Waals surface area (Å²) in [4.78, 5) is 18.8. The fourth-order valence-corrected chi connectivity index (χ4v) is 3.79. The van der Waals surface area contributed by atoms with E-state index in [0.29, 0.717) is 4.88 Å². The molecule has 2 heterocycles. The minimum atomic E-state index is -0.0967. The van der Waals surface area contributed by atoms with Crippen molar-refractivity contribution in [3.05, 3.63) is 71.1 Å². The number of hydrogen-bond acceptors (Lipinski definition) is 3. The lowest BCUT2D eigenvalue weighted by atomic mass is 10.2. The highest BCUT2D eigenvalue weighted by Crippen LogP contribution is 2.30. The van der Waals surface area contributed by atoms with Crippen molar-refractivity contribution >= 4 is 34.0 Å². The first-order valence-electron chi connectivity index (χ1n) is 8.01. The Kier molecular flexibility index (Phi) is 3.86. The number of nitrogens with zero attached hydrogens (tertiary/aromatic N) is 2. The molecule has 0 atom stereocenters. The molecular weight excluding hydrogens is 330 g/mol. The number of imidazole rings is 1. The van der Waals surface area contributed by atoms with Gasteiger partial charge in [-0.25, -0.2) is 4.98 Å². The molecule has 0 aliphatic rings. The highest BCUT2D eigenvalue weighted by molar-refractivity contribution is 7.17. The lowest BCUT2D eigenvalue weighted by molar-refractivity contribution is 0.103. The average molecular weight is 347 g/mol. The van der Waals surface area contributed by atoms with Crippen molar-refractivity contribution in [2.24, 2.45) is 7.05 Å². The van der Waals surface area contributed by atoms with Crippen LogP contribution >= 0.6 is 11.3 Å². The van der Waals surface area contributed by atoms with Gasteiger partial charge in [0, 0.05) is 12.7 Å². The zero-order chi connectivity index (χ0) is 17.4. The highest BCUT2D eigenvalue weighted by Gasteiger charge is 2.15. The van der Waals surface area contributed by atoms with Gasteiger partial charge in [-0.05, 0) is 48.9 Å². The molecule has 1 amide bonds. The lowest BCUT2D eigenvalue weighted by Crippen LogP contribution is -2.09. The number of rotatable bonds is 3. The summed E-state index contributed by atoms with van der Waals surface area (Å²) in [5, 5.41) is 2.95.